The van der Waals surface area contributed by atoms with Crippen LogP contribution in [0.1, 0.15) is 35.8 Å². The van der Waals surface area contributed by atoms with Crippen molar-refractivity contribution in [2.24, 2.45) is 0 Å². The lowest BCUT2D eigenvalue weighted by Gasteiger charge is -2.35. The predicted octanol–water partition coefficient (Wildman–Crippen LogP) is 0.896. The highest BCUT2D eigenvalue weighted by Gasteiger charge is 2.24. The molecule has 1 aliphatic rings. The first-order chi connectivity index (χ1) is 8.97. The Hall–Kier alpha value is -1.62. The number of aromatic nitrogens is 1. The maximum atomic E-state index is 12.1. The van der Waals surface area contributed by atoms with Crippen LogP contribution in [0.25, 0.3) is 0 Å². The maximum Gasteiger partial charge on any atom is 0.256 e. The molecule has 1 fully saturated rings. The molecule has 1 aromatic rings. The van der Waals surface area contributed by atoms with Crippen molar-refractivity contribution < 1.29 is 4.79 Å². The van der Waals surface area contributed by atoms with Crippen LogP contribution in [0.3, 0.4) is 0 Å². The number of likely N-dealkylation sites (tertiary alicyclic amines) is 1. The number of piperidine rings is 1. The highest BCUT2D eigenvalue weighted by atomic mass is 16.2. The van der Waals surface area contributed by atoms with Gasteiger partial charge in [-0.1, -0.05) is 0 Å². The topological polar surface area (TPSA) is 65.2 Å². The Kier molecular flexibility index (Phi) is 4.04. The summed E-state index contributed by atoms with van der Waals surface area (Å²) >= 11 is 0. The van der Waals surface area contributed by atoms with Crippen molar-refractivity contribution in [3.63, 3.8) is 0 Å². The van der Waals surface area contributed by atoms with Crippen LogP contribution in [0.15, 0.2) is 17.1 Å². The van der Waals surface area contributed by atoms with E-state index in [-0.39, 0.29) is 22.9 Å². The molecular formula is C14H21N3O2. The van der Waals surface area contributed by atoms with Crippen LogP contribution in [-0.4, -0.2) is 41.5 Å². The third-order valence-electron chi connectivity index (χ3n) is 3.85. The van der Waals surface area contributed by atoms with Crippen LogP contribution in [0.2, 0.25) is 0 Å². The Morgan fingerprint density at radius 2 is 2.26 bits per heavy atom. The molecule has 0 aromatic carbocycles. The molecule has 0 spiro atoms. The third kappa shape index (κ3) is 3.23. The van der Waals surface area contributed by atoms with E-state index in [9.17, 15) is 9.59 Å². The fourth-order valence-electron chi connectivity index (χ4n) is 2.43. The highest BCUT2D eigenvalue weighted by Crippen LogP contribution is 2.15. The van der Waals surface area contributed by atoms with Gasteiger partial charge in [0.15, 0.2) is 5.43 Å². The van der Waals surface area contributed by atoms with Crippen LogP contribution < -0.4 is 10.7 Å². The van der Waals surface area contributed by atoms with Gasteiger partial charge in [0.05, 0.1) is 0 Å². The smallest absolute Gasteiger partial charge is 0.256 e. The number of pyridine rings is 1. The van der Waals surface area contributed by atoms with Gasteiger partial charge in [-0.15, -0.1) is 0 Å². The molecule has 19 heavy (non-hydrogen) atoms. The fraction of sp³-hybridized carbons (Fsp3) is 0.571. The molecular weight excluding hydrogens is 242 g/mol. The summed E-state index contributed by atoms with van der Waals surface area (Å²) in [4.78, 5) is 29.0. The molecule has 2 N–H and O–H groups in total. The fourth-order valence-corrected chi connectivity index (χ4v) is 2.43. The SMILES string of the molecule is Cc1cc(=O)c(C(=O)NC2CCN(C)C(C)C2)c[nH]1. The minimum atomic E-state index is -0.275. The molecule has 5 heteroatoms. The molecule has 1 saturated heterocycles. The Bertz CT molecular complexity index is 524. The Balaban J connectivity index is 2.03. The second-order valence-corrected chi connectivity index (χ2v) is 5.42. The van der Waals surface area contributed by atoms with Gasteiger partial charge >= 0.3 is 0 Å². The van der Waals surface area contributed by atoms with Crippen LogP contribution in [0, 0.1) is 6.92 Å². The Labute approximate surface area is 113 Å². The maximum absolute atomic E-state index is 12.1. The number of carbonyl (C=O) groups is 1. The third-order valence-corrected chi connectivity index (χ3v) is 3.85. The van der Waals surface area contributed by atoms with Gasteiger partial charge in [0.2, 0.25) is 0 Å². The predicted molar refractivity (Wildman–Crippen MR) is 74.4 cm³/mol. The van der Waals surface area contributed by atoms with Gasteiger partial charge in [0.1, 0.15) is 5.56 Å². The first-order valence-corrected chi connectivity index (χ1v) is 6.68. The Morgan fingerprint density at radius 3 is 2.89 bits per heavy atom. The second-order valence-electron chi connectivity index (χ2n) is 5.42. The van der Waals surface area contributed by atoms with Crippen molar-refractivity contribution in [3.8, 4) is 0 Å². The largest absolute Gasteiger partial charge is 0.364 e. The second kappa shape index (κ2) is 5.57. The monoisotopic (exact) mass is 263 g/mol. The summed E-state index contributed by atoms with van der Waals surface area (Å²) in [5, 5.41) is 2.96. The number of nitrogens with one attached hydrogen (secondary N) is 2. The molecule has 0 radical (unpaired) electrons. The molecule has 0 bridgehead atoms. The van der Waals surface area contributed by atoms with Gasteiger partial charge in [-0.2, -0.15) is 0 Å². The van der Waals surface area contributed by atoms with Crippen LogP contribution in [0.4, 0.5) is 0 Å². The number of nitrogens with zero attached hydrogens (tertiary/aromatic N) is 1. The zero-order valence-electron chi connectivity index (χ0n) is 11.7. The standard InChI is InChI=1S/C14H21N3O2/c1-9-6-13(18)12(8-15-9)14(19)16-11-4-5-17(3)10(2)7-11/h6,8,10-11H,4-5,7H2,1-3H3,(H,15,18)(H,16,19). The van der Waals surface area contributed by atoms with E-state index >= 15 is 0 Å². The number of rotatable bonds is 2. The van der Waals surface area contributed by atoms with E-state index in [1.165, 1.54) is 12.3 Å². The molecule has 5 nitrogen and oxygen atoms in total. The van der Waals surface area contributed by atoms with Crippen LogP contribution in [-0.2, 0) is 0 Å². The molecule has 1 amide bonds. The van der Waals surface area contributed by atoms with Gasteiger partial charge < -0.3 is 15.2 Å². The number of carbonyl (C=O) groups excluding carboxylic acids is 1. The van der Waals surface area contributed by atoms with E-state index in [0.29, 0.717) is 6.04 Å². The highest BCUT2D eigenvalue weighted by molar-refractivity contribution is 5.93. The van der Waals surface area contributed by atoms with E-state index in [0.717, 1.165) is 25.1 Å². The van der Waals surface area contributed by atoms with Crippen LogP contribution >= 0.6 is 0 Å². The number of aryl methyl sites for hydroxylation is 1. The summed E-state index contributed by atoms with van der Waals surface area (Å²) in [6.45, 7) is 4.91. The number of amides is 1. The number of hydrogen-bond acceptors (Lipinski definition) is 3. The molecule has 1 aliphatic heterocycles. The van der Waals surface area contributed by atoms with Gasteiger partial charge in [-0.3, -0.25) is 9.59 Å². The molecule has 2 atom stereocenters. The van der Waals surface area contributed by atoms with E-state index in [2.05, 4.69) is 29.2 Å². The lowest BCUT2D eigenvalue weighted by molar-refractivity contribution is 0.0895. The molecule has 104 valence electrons. The molecule has 2 unspecified atom stereocenters. The summed E-state index contributed by atoms with van der Waals surface area (Å²) in [7, 11) is 2.09. The molecule has 1 aromatic heterocycles. The first-order valence-electron chi connectivity index (χ1n) is 6.68. The average Bonchev–Trinajstić information content (AvgIpc) is 2.33. The van der Waals surface area contributed by atoms with E-state index in [1.54, 1.807) is 6.92 Å². The minimum absolute atomic E-state index is 0.152. The summed E-state index contributed by atoms with van der Waals surface area (Å²) in [6.07, 6.45) is 3.34. The van der Waals surface area contributed by atoms with Crippen molar-refractivity contribution in [2.45, 2.75) is 38.8 Å². The van der Waals surface area contributed by atoms with Crippen molar-refractivity contribution in [3.05, 3.63) is 33.7 Å². The minimum Gasteiger partial charge on any atom is -0.364 e. The summed E-state index contributed by atoms with van der Waals surface area (Å²) in [6, 6.07) is 2.06. The first kappa shape index (κ1) is 13.8. The number of H-pyrrole nitrogens is 1. The van der Waals surface area contributed by atoms with E-state index < -0.39 is 0 Å². The lowest BCUT2D eigenvalue weighted by atomic mass is 9.98. The van der Waals surface area contributed by atoms with Crippen molar-refractivity contribution >= 4 is 5.91 Å². The number of hydrogen-bond donors (Lipinski definition) is 2. The molecule has 0 saturated carbocycles. The normalized spacial score (nSPS) is 24.2. The molecule has 2 heterocycles. The van der Waals surface area contributed by atoms with Crippen molar-refractivity contribution in [1.82, 2.24) is 15.2 Å². The summed E-state index contributed by atoms with van der Waals surface area (Å²) in [5.41, 5.74) is 0.723. The summed E-state index contributed by atoms with van der Waals surface area (Å²) in [5.74, 6) is -0.275. The van der Waals surface area contributed by atoms with Gasteiger partial charge in [-0.05, 0) is 33.7 Å². The number of aromatic amines is 1. The van der Waals surface area contributed by atoms with Crippen molar-refractivity contribution in [1.29, 1.82) is 0 Å². The van der Waals surface area contributed by atoms with Gasteiger partial charge in [0.25, 0.3) is 5.91 Å². The Morgan fingerprint density at radius 1 is 1.53 bits per heavy atom. The van der Waals surface area contributed by atoms with Crippen molar-refractivity contribution in [2.75, 3.05) is 13.6 Å². The van der Waals surface area contributed by atoms with Gasteiger partial charge in [0, 0.05) is 36.6 Å². The molecule has 0 aliphatic carbocycles. The quantitative estimate of drug-likeness (QED) is 0.833. The van der Waals surface area contributed by atoms with E-state index in [1.807, 2.05) is 0 Å². The van der Waals surface area contributed by atoms with Crippen LogP contribution in [0.5, 0.6) is 0 Å². The lowest BCUT2D eigenvalue weighted by Crippen LogP contribution is -2.47. The zero-order chi connectivity index (χ0) is 14.0. The van der Waals surface area contributed by atoms with E-state index in [4.69, 9.17) is 0 Å². The molecule has 2 rings (SSSR count). The average molecular weight is 263 g/mol. The zero-order valence-corrected chi connectivity index (χ0v) is 11.7. The van der Waals surface area contributed by atoms with Gasteiger partial charge in [-0.25, -0.2) is 0 Å². The summed E-state index contributed by atoms with van der Waals surface area (Å²) < 4.78 is 0.